The number of fused-ring (bicyclic) bond motifs is 8. The van der Waals surface area contributed by atoms with E-state index in [0.717, 1.165) is 61.4 Å². The van der Waals surface area contributed by atoms with Gasteiger partial charge in [0.25, 0.3) is 5.91 Å². The van der Waals surface area contributed by atoms with E-state index in [1.807, 2.05) is 91.0 Å². The third kappa shape index (κ3) is 5.04. The minimum absolute atomic E-state index is 0.216. The zero-order valence-electron chi connectivity index (χ0n) is 24.2. The van der Waals surface area contributed by atoms with Crippen LogP contribution in [0.25, 0.3) is 68.6 Å². The van der Waals surface area contributed by atoms with Gasteiger partial charge in [-0.2, -0.15) is 0 Å². The first-order valence-corrected chi connectivity index (χ1v) is 14.8. The maximum Gasteiger partial charge on any atom is 0.255 e. The zero-order chi connectivity index (χ0) is 30.2. The predicted molar refractivity (Wildman–Crippen MR) is 184 cm³/mol. The van der Waals surface area contributed by atoms with Crippen LogP contribution in [0.3, 0.4) is 0 Å². The summed E-state index contributed by atoms with van der Waals surface area (Å²) in [6.07, 6.45) is 8.04. The molecule has 6 aromatic rings. The number of amides is 1. The molecule has 0 radical (unpaired) electrons. The molecule has 8 bridgehead atoms. The van der Waals surface area contributed by atoms with Crippen LogP contribution in [0.2, 0.25) is 0 Å². The highest BCUT2D eigenvalue weighted by Gasteiger charge is 2.17. The molecule has 0 aliphatic carbocycles. The van der Waals surface area contributed by atoms with Gasteiger partial charge in [-0.3, -0.25) is 4.79 Å². The quantitative estimate of drug-likeness (QED) is 0.194. The van der Waals surface area contributed by atoms with Gasteiger partial charge in [0.05, 0.1) is 34.0 Å². The van der Waals surface area contributed by atoms with Crippen molar-refractivity contribution in [1.29, 1.82) is 0 Å². The summed E-state index contributed by atoms with van der Waals surface area (Å²) in [4.78, 5) is 30.9. The standard InChI is InChI=1S/C39H27N5O/c45-39(27-14-8-3-9-15-27)44-38-34-22-20-32(42-34)36(25-10-4-1-5-11-25)30-18-16-28(40-30)24-29-17-19-31(41-29)37(26-12-6-2-7-13-26)33-21-23-35(38)43-33/h1-24,40,43H,(H,44,45). The monoisotopic (exact) mass is 581 g/mol. The third-order valence-corrected chi connectivity index (χ3v) is 7.98. The Labute approximate surface area is 259 Å². The molecular formula is C39H27N5O. The van der Waals surface area contributed by atoms with E-state index in [9.17, 15) is 4.79 Å². The first-order chi connectivity index (χ1) is 22.2. The number of hydrogen-bond donors (Lipinski definition) is 3. The number of benzene rings is 3. The van der Waals surface area contributed by atoms with Crippen LogP contribution in [0, 0.1) is 0 Å². The molecule has 0 saturated carbocycles. The summed E-state index contributed by atoms with van der Waals surface area (Å²) < 4.78 is 0. The molecule has 0 fully saturated rings. The van der Waals surface area contributed by atoms with Crippen molar-refractivity contribution in [2.45, 2.75) is 0 Å². The van der Waals surface area contributed by atoms with Crippen molar-refractivity contribution in [3.05, 3.63) is 150 Å². The number of hydrogen-bond acceptors (Lipinski definition) is 3. The van der Waals surface area contributed by atoms with Gasteiger partial charge in [0, 0.05) is 33.2 Å². The van der Waals surface area contributed by atoms with Crippen LogP contribution in [0.1, 0.15) is 33.1 Å². The molecule has 8 rings (SSSR count). The van der Waals surface area contributed by atoms with Gasteiger partial charge in [0.15, 0.2) is 0 Å². The first-order valence-electron chi connectivity index (χ1n) is 14.8. The lowest BCUT2D eigenvalue weighted by Gasteiger charge is -2.07. The van der Waals surface area contributed by atoms with Crippen LogP contribution >= 0.6 is 0 Å². The SMILES string of the molecule is O=C(Nc1c2nc(c(-c3ccccc3)c3ccc(cc4nc(c(-c5ccccc5)c5ccc1[nH]5)C=C4)[nH]3)C=C2)c1ccccc1. The van der Waals surface area contributed by atoms with Crippen LogP contribution in [0.15, 0.2) is 121 Å². The Morgan fingerprint density at radius 1 is 0.533 bits per heavy atom. The summed E-state index contributed by atoms with van der Waals surface area (Å²) >= 11 is 0. The normalized spacial score (nSPS) is 11.9. The van der Waals surface area contributed by atoms with Crippen molar-refractivity contribution in [2.75, 3.05) is 5.32 Å². The van der Waals surface area contributed by atoms with E-state index in [4.69, 9.17) is 9.97 Å². The Morgan fingerprint density at radius 3 is 1.80 bits per heavy atom. The van der Waals surface area contributed by atoms with Crippen molar-refractivity contribution in [1.82, 2.24) is 19.9 Å². The van der Waals surface area contributed by atoms with E-state index < -0.39 is 0 Å². The second-order valence-corrected chi connectivity index (χ2v) is 10.9. The highest BCUT2D eigenvalue weighted by molar-refractivity contribution is 6.08. The van der Waals surface area contributed by atoms with Crippen molar-refractivity contribution in [3.8, 4) is 22.3 Å². The summed E-state index contributed by atoms with van der Waals surface area (Å²) in [5.74, 6) is -0.216. The molecule has 3 N–H and O–H groups in total. The summed E-state index contributed by atoms with van der Waals surface area (Å²) in [6.45, 7) is 0. The van der Waals surface area contributed by atoms with Gasteiger partial charge in [-0.05, 0) is 77.9 Å². The zero-order valence-corrected chi connectivity index (χ0v) is 24.2. The Hall–Kier alpha value is -6.27. The molecule has 0 spiro atoms. The second-order valence-electron chi connectivity index (χ2n) is 10.9. The number of nitrogens with zero attached hydrogens (tertiary/aromatic N) is 2. The van der Waals surface area contributed by atoms with Gasteiger partial charge in [-0.15, -0.1) is 0 Å². The lowest BCUT2D eigenvalue weighted by molar-refractivity contribution is 0.102. The molecule has 0 unspecified atom stereocenters. The van der Waals surface area contributed by atoms with Crippen LogP contribution in [0.4, 0.5) is 5.69 Å². The summed E-state index contributed by atoms with van der Waals surface area (Å²) in [7, 11) is 0. The van der Waals surface area contributed by atoms with Crippen LogP contribution < -0.4 is 5.32 Å². The summed E-state index contributed by atoms with van der Waals surface area (Å²) in [6, 6.07) is 39.8. The average Bonchev–Trinajstić information content (AvgIpc) is 3.91. The van der Waals surface area contributed by atoms with Gasteiger partial charge in [-0.25, -0.2) is 9.97 Å². The van der Waals surface area contributed by atoms with Crippen LogP contribution in [-0.4, -0.2) is 25.8 Å². The molecular weight excluding hydrogens is 554 g/mol. The fraction of sp³-hybridized carbons (Fsp3) is 0. The highest BCUT2D eigenvalue weighted by Crippen LogP contribution is 2.34. The predicted octanol–water partition coefficient (Wildman–Crippen LogP) is 9.24. The van der Waals surface area contributed by atoms with Crippen LogP contribution in [-0.2, 0) is 0 Å². The van der Waals surface area contributed by atoms with Crippen molar-refractivity contribution >= 4 is 58.0 Å². The number of nitrogens with one attached hydrogen (secondary N) is 3. The van der Waals surface area contributed by atoms with E-state index in [0.29, 0.717) is 16.9 Å². The van der Waals surface area contributed by atoms with Gasteiger partial charge >= 0.3 is 0 Å². The maximum absolute atomic E-state index is 13.5. The molecule has 2 aliphatic heterocycles. The van der Waals surface area contributed by atoms with Gasteiger partial charge in [-0.1, -0.05) is 78.9 Å². The topological polar surface area (TPSA) is 86.5 Å². The summed E-state index contributed by atoms with van der Waals surface area (Å²) in [5, 5.41) is 3.17. The number of carbonyl (C=O) groups excluding carboxylic acids is 1. The van der Waals surface area contributed by atoms with E-state index in [-0.39, 0.29) is 5.91 Å². The number of rotatable bonds is 4. The first kappa shape index (κ1) is 26.4. The molecule has 5 heterocycles. The number of anilines is 1. The van der Waals surface area contributed by atoms with E-state index >= 15 is 0 Å². The average molecular weight is 582 g/mol. The van der Waals surface area contributed by atoms with Crippen molar-refractivity contribution < 1.29 is 4.79 Å². The number of carbonyl (C=O) groups is 1. The Kier molecular flexibility index (Phi) is 6.50. The van der Waals surface area contributed by atoms with Crippen LogP contribution in [0.5, 0.6) is 0 Å². The smallest absolute Gasteiger partial charge is 0.255 e. The molecule has 3 aromatic heterocycles. The van der Waals surface area contributed by atoms with Crippen molar-refractivity contribution in [2.24, 2.45) is 0 Å². The third-order valence-electron chi connectivity index (χ3n) is 7.98. The minimum Gasteiger partial charge on any atom is -0.355 e. The number of H-pyrrole nitrogens is 2. The molecule has 0 saturated heterocycles. The largest absolute Gasteiger partial charge is 0.355 e. The Balaban J connectivity index is 1.47. The van der Waals surface area contributed by atoms with Gasteiger partial charge in [0.2, 0.25) is 0 Å². The fourth-order valence-corrected chi connectivity index (χ4v) is 5.86. The van der Waals surface area contributed by atoms with E-state index in [1.165, 1.54) is 0 Å². The minimum atomic E-state index is -0.216. The molecule has 2 aliphatic rings. The number of aromatic nitrogens is 4. The Bertz CT molecular complexity index is 2260. The molecule has 3 aromatic carbocycles. The lowest BCUT2D eigenvalue weighted by Crippen LogP contribution is -2.12. The maximum atomic E-state index is 13.5. The fourth-order valence-electron chi connectivity index (χ4n) is 5.86. The van der Waals surface area contributed by atoms with Gasteiger partial charge < -0.3 is 15.3 Å². The van der Waals surface area contributed by atoms with Gasteiger partial charge in [0.1, 0.15) is 0 Å². The van der Waals surface area contributed by atoms with E-state index in [1.54, 1.807) is 12.1 Å². The molecule has 0 atom stereocenters. The molecule has 6 heteroatoms. The second kappa shape index (κ2) is 11.1. The molecule has 6 nitrogen and oxygen atoms in total. The molecule has 45 heavy (non-hydrogen) atoms. The molecule has 214 valence electrons. The Morgan fingerprint density at radius 2 is 1.09 bits per heavy atom. The summed E-state index contributed by atoms with van der Waals surface area (Å²) in [5.41, 5.74) is 11.8. The lowest BCUT2D eigenvalue weighted by atomic mass is 10.0. The van der Waals surface area contributed by atoms with Crippen molar-refractivity contribution in [3.63, 3.8) is 0 Å². The highest BCUT2D eigenvalue weighted by atomic mass is 16.1. The number of aromatic amines is 2. The molecule has 1 amide bonds. The van der Waals surface area contributed by atoms with E-state index in [2.05, 4.69) is 57.7 Å².